The predicted octanol–water partition coefficient (Wildman–Crippen LogP) is 13.6. The van der Waals surface area contributed by atoms with Gasteiger partial charge < -0.3 is 4.74 Å². The zero-order valence-corrected chi connectivity index (χ0v) is 28.8. The molecule has 0 atom stereocenters. The van der Waals surface area contributed by atoms with E-state index in [1.807, 2.05) is 29.5 Å². The SMILES string of the molecule is c1ccc2c(c1)Oc1cccc(-c3cc(-c4ccc5sc6ccccc6c5c4)nc(-c4ccc5c6ccccc6c6ccccc6c5c4)n3)c1S2. The quantitative estimate of drug-likeness (QED) is 0.173. The predicted molar refractivity (Wildman–Crippen MR) is 214 cm³/mol. The maximum Gasteiger partial charge on any atom is 0.160 e. The normalized spacial score (nSPS) is 12.4. The topological polar surface area (TPSA) is 35.0 Å². The molecule has 0 amide bonds. The Bertz CT molecular complexity index is 3020. The molecular formula is C46H26N2OS2. The van der Waals surface area contributed by atoms with Gasteiger partial charge in [-0.25, -0.2) is 9.97 Å². The van der Waals surface area contributed by atoms with Gasteiger partial charge in [0.05, 0.1) is 21.2 Å². The molecule has 3 nitrogen and oxygen atoms in total. The van der Waals surface area contributed by atoms with Crippen LogP contribution in [0, 0.1) is 0 Å². The Morgan fingerprint density at radius 1 is 0.412 bits per heavy atom. The molecule has 0 bridgehead atoms. The molecule has 1 aliphatic heterocycles. The molecule has 10 aromatic rings. The fourth-order valence-electron chi connectivity index (χ4n) is 7.54. The molecule has 0 saturated heterocycles. The Labute approximate surface area is 301 Å². The van der Waals surface area contributed by atoms with Crippen LogP contribution in [-0.2, 0) is 0 Å². The molecule has 11 rings (SSSR count). The van der Waals surface area contributed by atoms with Gasteiger partial charge in [0.1, 0.15) is 11.5 Å². The molecule has 1 aliphatic rings. The van der Waals surface area contributed by atoms with Crippen molar-refractivity contribution in [3.05, 3.63) is 158 Å². The Kier molecular flexibility index (Phi) is 6.35. The molecule has 0 radical (unpaired) electrons. The fraction of sp³-hybridized carbons (Fsp3) is 0. The van der Waals surface area contributed by atoms with Crippen molar-refractivity contribution in [3.8, 4) is 45.4 Å². The summed E-state index contributed by atoms with van der Waals surface area (Å²) in [6, 6.07) is 56.0. The maximum absolute atomic E-state index is 6.41. The van der Waals surface area contributed by atoms with Crippen molar-refractivity contribution in [2.24, 2.45) is 0 Å². The van der Waals surface area contributed by atoms with Gasteiger partial charge in [-0.1, -0.05) is 121 Å². The second-order valence-corrected chi connectivity index (χ2v) is 15.0. The summed E-state index contributed by atoms with van der Waals surface area (Å²) in [5.41, 5.74) is 4.81. The fourth-order valence-corrected chi connectivity index (χ4v) is 9.70. The third kappa shape index (κ3) is 4.59. The number of para-hydroxylation sites is 1. The van der Waals surface area contributed by atoms with Gasteiger partial charge in [-0.15, -0.1) is 11.3 Å². The van der Waals surface area contributed by atoms with Gasteiger partial charge in [0.25, 0.3) is 0 Å². The van der Waals surface area contributed by atoms with E-state index in [-0.39, 0.29) is 0 Å². The Hall–Kier alpha value is -6.01. The van der Waals surface area contributed by atoms with Crippen molar-refractivity contribution >= 4 is 75.6 Å². The molecule has 0 aliphatic carbocycles. The number of nitrogens with zero attached hydrogens (tertiary/aromatic N) is 2. The summed E-state index contributed by atoms with van der Waals surface area (Å²) < 4.78 is 8.97. The second kappa shape index (κ2) is 11.3. The molecule has 0 fully saturated rings. The monoisotopic (exact) mass is 686 g/mol. The third-order valence-electron chi connectivity index (χ3n) is 9.94. The smallest absolute Gasteiger partial charge is 0.160 e. The number of benzene rings is 8. The average Bonchev–Trinajstić information content (AvgIpc) is 3.57. The molecule has 2 aromatic heterocycles. The summed E-state index contributed by atoms with van der Waals surface area (Å²) in [5.74, 6) is 2.41. The van der Waals surface area contributed by atoms with Gasteiger partial charge in [0.2, 0.25) is 0 Å². The lowest BCUT2D eigenvalue weighted by atomic mass is 9.93. The lowest BCUT2D eigenvalue weighted by Crippen LogP contribution is -2.00. The summed E-state index contributed by atoms with van der Waals surface area (Å²) in [4.78, 5) is 12.8. The summed E-state index contributed by atoms with van der Waals surface area (Å²) in [5, 5.41) is 9.92. The first kappa shape index (κ1) is 28.8. The number of aromatic nitrogens is 2. The molecule has 0 unspecified atom stereocenters. The van der Waals surface area contributed by atoms with Crippen LogP contribution < -0.4 is 4.74 Å². The van der Waals surface area contributed by atoms with Gasteiger partial charge in [-0.3, -0.25) is 0 Å². The molecule has 5 heteroatoms. The first-order chi connectivity index (χ1) is 25.2. The molecule has 3 heterocycles. The number of fused-ring (bicyclic) bond motifs is 11. The van der Waals surface area contributed by atoms with E-state index in [1.165, 1.54) is 52.5 Å². The summed E-state index contributed by atoms with van der Waals surface area (Å²) >= 11 is 3.56. The summed E-state index contributed by atoms with van der Waals surface area (Å²) in [6.07, 6.45) is 0. The number of ether oxygens (including phenoxy) is 1. The van der Waals surface area contributed by atoms with Crippen molar-refractivity contribution in [2.45, 2.75) is 9.79 Å². The van der Waals surface area contributed by atoms with Gasteiger partial charge >= 0.3 is 0 Å². The van der Waals surface area contributed by atoms with Gasteiger partial charge in [-0.05, 0) is 80.8 Å². The van der Waals surface area contributed by atoms with Crippen molar-refractivity contribution in [3.63, 3.8) is 0 Å². The summed E-state index contributed by atoms with van der Waals surface area (Å²) in [7, 11) is 0. The Morgan fingerprint density at radius 3 is 1.84 bits per heavy atom. The van der Waals surface area contributed by atoms with Crippen LogP contribution in [0.4, 0.5) is 0 Å². The van der Waals surface area contributed by atoms with E-state index in [0.717, 1.165) is 49.4 Å². The van der Waals surface area contributed by atoms with E-state index >= 15 is 0 Å². The van der Waals surface area contributed by atoms with Gasteiger partial charge in [0.15, 0.2) is 5.82 Å². The third-order valence-corrected chi connectivity index (χ3v) is 12.3. The van der Waals surface area contributed by atoms with Crippen molar-refractivity contribution in [2.75, 3.05) is 0 Å². The second-order valence-electron chi connectivity index (χ2n) is 12.9. The molecule has 0 saturated carbocycles. The number of hydrogen-bond acceptors (Lipinski definition) is 5. The van der Waals surface area contributed by atoms with E-state index in [4.69, 9.17) is 14.7 Å². The minimum atomic E-state index is 0.691. The molecule has 238 valence electrons. The van der Waals surface area contributed by atoms with Crippen LogP contribution in [0.25, 0.3) is 86.4 Å². The number of hydrogen-bond donors (Lipinski definition) is 0. The van der Waals surface area contributed by atoms with Crippen LogP contribution in [0.5, 0.6) is 11.5 Å². The number of rotatable bonds is 3. The molecule has 8 aromatic carbocycles. The minimum Gasteiger partial charge on any atom is -0.455 e. The summed E-state index contributed by atoms with van der Waals surface area (Å²) in [6.45, 7) is 0. The highest BCUT2D eigenvalue weighted by atomic mass is 32.2. The van der Waals surface area contributed by atoms with E-state index in [2.05, 4.69) is 140 Å². The van der Waals surface area contributed by atoms with Crippen molar-refractivity contribution in [1.82, 2.24) is 9.97 Å². The van der Waals surface area contributed by atoms with E-state index in [9.17, 15) is 0 Å². The van der Waals surface area contributed by atoms with Crippen LogP contribution in [0.3, 0.4) is 0 Å². The standard InChI is InChI=1S/C46H26N2OS2/c1-2-12-31-29(10-1)30-11-3-4-13-32(30)36-25-28(20-22-33(31)36)46-47-38(27-21-23-43-37(24-27)34-14-5-7-18-42(34)50-43)26-39(48-46)35-15-9-17-41-45(35)51-44-19-8-6-16-40(44)49-41/h1-26H. The average molecular weight is 687 g/mol. The maximum atomic E-state index is 6.41. The van der Waals surface area contributed by atoms with Gasteiger partial charge in [-0.2, -0.15) is 0 Å². The van der Waals surface area contributed by atoms with Crippen LogP contribution in [0.15, 0.2) is 168 Å². The zero-order valence-electron chi connectivity index (χ0n) is 27.1. The zero-order chi connectivity index (χ0) is 33.5. The van der Waals surface area contributed by atoms with Gasteiger partial charge in [0, 0.05) is 36.9 Å². The van der Waals surface area contributed by atoms with Crippen LogP contribution >= 0.6 is 23.1 Å². The van der Waals surface area contributed by atoms with Crippen LogP contribution in [0.2, 0.25) is 0 Å². The molecular weight excluding hydrogens is 661 g/mol. The minimum absolute atomic E-state index is 0.691. The largest absolute Gasteiger partial charge is 0.455 e. The van der Waals surface area contributed by atoms with E-state index < -0.39 is 0 Å². The van der Waals surface area contributed by atoms with Crippen molar-refractivity contribution < 1.29 is 4.74 Å². The Morgan fingerprint density at radius 2 is 1.02 bits per heavy atom. The Balaban J connectivity index is 1.15. The molecule has 0 N–H and O–H groups in total. The number of thiophene rings is 1. The van der Waals surface area contributed by atoms with Crippen molar-refractivity contribution in [1.29, 1.82) is 0 Å². The molecule has 51 heavy (non-hydrogen) atoms. The van der Waals surface area contributed by atoms with Crippen LogP contribution in [0.1, 0.15) is 0 Å². The van der Waals surface area contributed by atoms with Crippen LogP contribution in [-0.4, -0.2) is 9.97 Å². The van der Waals surface area contributed by atoms with E-state index in [0.29, 0.717) is 5.82 Å². The molecule has 0 spiro atoms. The first-order valence-corrected chi connectivity index (χ1v) is 18.6. The highest BCUT2D eigenvalue weighted by Gasteiger charge is 2.23. The lowest BCUT2D eigenvalue weighted by molar-refractivity contribution is 0.455. The highest BCUT2D eigenvalue weighted by Crippen LogP contribution is 2.51. The highest BCUT2D eigenvalue weighted by molar-refractivity contribution is 7.99. The lowest BCUT2D eigenvalue weighted by Gasteiger charge is -2.22. The first-order valence-electron chi connectivity index (χ1n) is 17.0. The van der Waals surface area contributed by atoms with E-state index in [1.54, 1.807) is 11.8 Å².